The van der Waals surface area contributed by atoms with Gasteiger partial charge in [0.2, 0.25) is 5.43 Å². The van der Waals surface area contributed by atoms with Crippen molar-refractivity contribution >= 4 is 34.2 Å². The Morgan fingerprint density at radius 1 is 1.27 bits per heavy atom. The van der Waals surface area contributed by atoms with Gasteiger partial charge in [0.05, 0.1) is 10.9 Å². The summed E-state index contributed by atoms with van der Waals surface area (Å²) in [6.45, 7) is 9.11. The van der Waals surface area contributed by atoms with Crippen molar-refractivity contribution in [2.45, 2.75) is 59.6 Å². The largest absolute Gasteiger partial charge is 0.480 e. The number of thiazole rings is 1. The molecule has 3 aromatic rings. The van der Waals surface area contributed by atoms with E-state index in [1.165, 1.54) is 17.6 Å². The first-order valence-electron chi connectivity index (χ1n) is 10.8. The smallest absolute Gasteiger partial charge is 0.326 e. The maximum atomic E-state index is 13.1. The Bertz CT molecular complexity index is 1230. The van der Waals surface area contributed by atoms with Crippen LogP contribution in [0.3, 0.4) is 0 Å². The van der Waals surface area contributed by atoms with Gasteiger partial charge in [0.15, 0.2) is 6.10 Å². The lowest BCUT2D eigenvalue weighted by Crippen LogP contribution is -2.46. The molecule has 2 heterocycles. The second kappa shape index (κ2) is 10.2. The molecule has 0 radical (unpaired) electrons. The summed E-state index contributed by atoms with van der Waals surface area (Å²) in [5.74, 6) is -1.10. The molecule has 0 unspecified atom stereocenters. The monoisotopic (exact) mass is 472 g/mol. The fourth-order valence-corrected chi connectivity index (χ4v) is 4.24. The molecule has 0 fully saturated rings. The number of amides is 1. The molecule has 0 bridgehead atoms. The minimum atomic E-state index is -1.09. The molecule has 3 rings (SSSR count). The average Bonchev–Trinajstić information content (AvgIpc) is 3.18. The van der Waals surface area contributed by atoms with E-state index >= 15 is 0 Å². The summed E-state index contributed by atoms with van der Waals surface area (Å²) in [6.07, 6.45) is 1.32. The van der Waals surface area contributed by atoms with E-state index in [-0.39, 0.29) is 11.3 Å². The maximum Gasteiger partial charge on any atom is 0.326 e. The van der Waals surface area contributed by atoms with Crippen LogP contribution >= 0.6 is 11.3 Å². The number of hydrogen-bond acceptors (Lipinski definition) is 7. The van der Waals surface area contributed by atoms with E-state index in [2.05, 4.69) is 10.3 Å². The van der Waals surface area contributed by atoms with E-state index in [0.717, 1.165) is 11.3 Å². The van der Waals surface area contributed by atoms with Crippen molar-refractivity contribution in [3.8, 4) is 16.3 Å². The van der Waals surface area contributed by atoms with Gasteiger partial charge in [0.25, 0.3) is 5.91 Å². The van der Waals surface area contributed by atoms with Crippen molar-refractivity contribution in [2.75, 3.05) is 0 Å². The number of carbonyl (C=O) groups excluding carboxylic acids is 1. The Labute approximate surface area is 195 Å². The lowest BCUT2D eigenvalue weighted by Gasteiger charge is -2.21. The van der Waals surface area contributed by atoms with Gasteiger partial charge < -0.3 is 19.6 Å². The van der Waals surface area contributed by atoms with Gasteiger partial charge in [-0.3, -0.25) is 9.59 Å². The molecule has 176 valence electrons. The molecule has 0 aliphatic rings. The Morgan fingerprint density at radius 2 is 2.00 bits per heavy atom. The van der Waals surface area contributed by atoms with Crippen LogP contribution in [0, 0.1) is 12.8 Å². The molecule has 9 heteroatoms. The zero-order valence-electron chi connectivity index (χ0n) is 19.3. The van der Waals surface area contributed by atoms with E-state index in [1.54, 1.807) is 19.1 Å². The van der Waals surface area contributed by atoms with Crippen LogP contribution < -0.4 is 15.5 Å². The van der Waals surface area contributed by atoms with Gasteiger partial charge in [-0.15, -0.1) is 11.3 Å². The number of benzene rings is 1. The molecule has 2 aromatic heterocycles. The number of nitrogens with zero attached hydrogens (tertiary/aromatic N) is 1. The topological polar surface area (TPSA) is 119 Å². The molecule has 0 saturated carbocycles. The minimum absolute atomic E-state index is 0.107. The van der Waals surface area contributed by atoms with Crippen LogP contribution in [-0.2, 0) is 16.0 Å². The predicted octanol–water partition coefficient (Wildman–Crippen LogP) is 4.17. The predicted molar refractivity (Wildman–Crippen MR) is 127 cm³/mol. The maximum absolute atomic E-state index is 13.1. The summed E-state index contributed by atoms with van der Waals surface area (Å²) < 4.78 is 11.6. The number of carboxylic acids is 1. The highest BCUT2D eigenvalue weighted by Gasteiger charge is 2.25. The first-order valence-corrected chi connectivity index (χ1v) is 11.7. The normalized spacial score (nSPS) is 13.2. The molecule has 0 spiro atoms. The van der Waals surface area contributed by atoms with Crippen LogP contribution in [0.2, 0.25) is 0 Å². The molecule has 0 aliphatic heterocycles. The van der Waals surface area contributed by atoms with Gasteiger partial charge in [0, 0.05) is 17.1 Å². The summed E-state index contributed by atoms with van der Waals surface area (Å²) in [6, 6.07) is 2.32. The van der Waals surface area contributed by atoms with Gasteiger partial charge in [-0.2, -0.15) is 0 Å². The highest BCUT2D eigenvalue weighted by molar-refractivity contribution is 7.13. The molecule has 0 aliphatic carbocycles. The second-order valence-corrected chi connectivity index (χ2v) is 9.23. The number of rotatable bonds is 9. The van der Waals surface area contributed by atoms with Gasteiger partial charge in [0.1, 0.15) is 28.6 Å². The summed E-state index contributed by atoms with van der Waals surface area (Å²) in [5, 5.41) is 14.8. The van der Waals surface area contributed by atoms with Crippen molar-refractivity contribution in [3.63, 3.8) is 0 Å². The fourth-order valence-electron chi connectivity index (χ4n) is 3.44. The Morgan fingerprint density at radius 3 is 2.58 bits per heavy atom. The van der Waals surface area contributed by atoms with Gasteiger partial charge >= 0.3 is 5.97 Å². The zero-order valence-corrected chi connectivity index (χ0v) is 20.1. The Hall–Kier alpha value is -3.20. The van der Waals surface area contributed by atoms with Crippen molar-refractivity contribution in [1.82, 2.24) is 10.3 Å². The molecule has 1 aromatic carbocycles. The van der Waals surface area contributed by atoms with E-state index in [1.807, 2.05) is 33.1 Å². The molecule has 8 nitrogen and oxygen atoms in total. The van der Waals surface area contributed by atoms with Gasteiger partial charge in [-0.1, -0.05) is 20.8 Å². The number of aromatic nitrogens is 1. The fraction of sp³-hybridized carbons (Fsp3) is 0.417. The summed E-state index contributed by atoms with van der Waals surface area (Å²) >= 11 is 1.38. The lowest BCUT2D eigenvalue weighted by molar-refractivity contribution is -0.143. The Balaban J connectivity index is 1.88. The number of ether oxygens (including phenoxy) is 1. The quantitative estimate of drug-likeness (QED) is 0.480. The molecule has 0 saturated heterocycles. The molecule has 1 amide bonds. The molecular formula is C24H28N2O6S. The zero-order chi connectivity index (χ0) is 24.3. The third-order valence-corrected chi connectivity index (χ3v) is 6.17. The lowest BCUT2D eigenvalue weighted by atomic mass is 10.0. The average molecular weight is 473 g/mol. The summed E-state index contributed by atoms with van der Waals surface area (Å²) in [7, 11) is 0. The van der Waals surface area contributed by atoms with E-state index in [4.69, 9.17) is 9.15 Å². The number of carbonyl (C=O) groups is 2. The highest BCUT2D eigenvalue weighted by Crippen LogP contribution is 2.29. The molecular weight excluding hydrogens is 444 g/mol. The van der Waals surface area contributed by atoms with Crippen molar-refractivity contribution in [2.24, 2.45) is 5.92 Å². The first kappa shape index (κ1) is 24.4. The van der Waals surface area contributed by atoms with Crippen LogP contribution in [0.25, 0.3) is 21.5 Å². The molecule has 33 heavy (non-hydrogen) atoms. The Kier molecular flexibility index (Phi) is 7.53. The van der Waals surface area contributed by atoms with Crippen LogP contribution in [-0.4, -0.2) is 34.1 Å². The number of nitrogens with one attached hydrogen (secondary N) is 1. The molecule has 2 N–H and O–H groups in total. The number of hydrogen-bond donors (Lipinski definition) is 2. The standard InChI is InChI=1S/C24H28N2O6S/c1-6-15-8-16-20(31-10-17(21(16)27)23-25-13(4)11-33-23)9-19(15)32-14(5)22(28)26-18(24(29)30)7-12(2)3/h8-12,14,18H,6-7H2,1-5H3,(H,26,28)(H,29,30)/t14-,18-/m0/s1. The number of aryl methyl sites for hydroxylation is 2. The number of aliphatic carboxylic acids is 1. The van der Waals surface area contributed by atoms with Gasteiger partial charge in [-0.05, 0) is 44.2 Å². The van der Waals surface area contributed by atoms with Crippen molar-refractivity contribution in [1.29, 1.82) is 0 Å². The van der Waals surface area contributed by atoms with E-state index in [0.29, 0.717) is 40.1 Å². The number of fused-ring (bicyclic) bond motifs is 1. The first-order chi connectivity index (χ1) is 15.6. The molecule has 2 atom stereocenters. The SMILES string of the molecule is CCc1cc2c(=O)c(-c3nc(C)cs3)coc2cc1O[C@@H](C)C(=O)N[C@@H](CC(C)C)C(=O)O. The minimum Gasteiger partial charge on any atom is -0.480 e. The van der Waals surface area contributed by atoms with Crippen molar-refractivity contribution in [3.05, 3.63) is 45.3 Å². The summed E-state index contributed by atoms with van der Waals surface area (Å²) in [4.78, 5) is 41.5. The highest BCUT2D eigenvalue weighted by atomic mass is 32.1. The van der Waals surface area contributed by atoms with Crippen molar-refractivity contribution < 1.29 is 23.8 Å². The van der Waals surface area contributed by atoms with Crippen LogP contribution in [0.4, 0.5) is 0 Å². The van der Waals surface area contributed by atoms with E-state index < -0.39 is 24.0 Å². The third kappa shape index (κ3) is 5.60. The number of carboxylic acid groups (broad SMARTS) is 1. The van der Waals surface area contributed by atoms with Crippen LogP contribution in [0.5, 0.6) is 5.75 Å². The van der Waals surface area contributed by atoms with Crippen LogP contribution in [0.15, 0.2) is 33.0 Å². The van der Waals surface area contributed by atoms with Gasteiger partial charge in [-0.25, -0.2) is 9.78 Å². The third-order valence-electron chi connectivity index (χ3n) is 5.18. The second-order valence-electron chi connectivity index (χ2n) is 8.37. The van der Waals surface area contributed by atoms with E-state index in [9.17, 15) is 19.5 Å². The summed E-state index contributed by atoms with van der Waals surface area (Å²) in [5.41, 5.74) is 2.11. The van der Waals surface area contributed by atoms with Crippen LogP contribution in [0.1, 0.15) is 45.4 Å².